The molecule has 0 saturated heterocycles. The first-order valence-corrected chi connectivity index (χ1v) is 7.75. The van der Waals surface area contributed by atoms with Crippen molar-refractivity contribution in [2.45, 2.75) is 44.9 Å². The summed E-state index contributed by atoms with van der Waals surface area (Å²) in [7, 11) is 0. The summed E-state index contributed by atoms with van der Waals surface area (Å²) in [5.41, 5.74) is -0.290. The Morgan fingerprint density at radius 3 is 2.55 bits per heavy atom. The first-order valence-electron chi connectivity index (χ1n) is 7.37. The summed E-state index contributed by atoms with van der Waals surface area (Å²) < 4.78 is 13.2. The number of nitrogens with one attached hydrogen (secondary N) is 1. The van der Waals surface area contributed by atoms with Crippen LogP contribution in [-0.4, -0.2) is 17.0 Å². The number of carbonyl (C=O) groups is 2. The highest BCUT2D eigenvalue weighted by molar-refractivity contribution is 6.33. The highest BCUT2D eigenvalue weighted by Gasteiger charge is 2.36. The molecular weight excluding hydrogens is 309 g/mol. The van der Waals surface area contributed by atoms with Crippen molar-refractivity contribution in [2.75, 3.05) is 5.32 Å². The molecule has 0 spiro atoms. The van der Waals surface area contributed by atoms with Gasteiger partial charge in [-0.1, -0.05) is 30.9 Å². The number of benzene rings is 1. The summed E-state index contributed by atoms with van der Waals surface area (Å²) in [6.45, 7) is 0. The smallest absolute Gasteiger partial charge is 0.303 e. The van der Waals surface area contributed by atoms with Crippen LogP contribution in [0.2, 0.25) is 5.02 Å². The van der Waals surface area contributed by atoms with E-state index in [1.807, 2.05) is 0 Å². The highest BCUT2D eigenvalue weighted by Crippen LogP contribution is 2.42. The molecule has 22 heavy (non-hydrogen) atoms. The third kappa shape index (κ3) is 4.44. The Hall–Kier alpha value is -1.62. The van der Waals surface area contributed by atoms with Gasteiger partial charge in [-0.05, 0) is 36.5 Å². The Bertz CT molecular complexity index is 571. The number of carbonyl (C=O) groups excluding carboxylic acids is 1. The Balaban J connectivity index is 2.07. The summed E-state index contributed by atoms with van der Waals surface area (Å²) in [6.07, 6.45) is 4.48. The second kappa shape index (κ2) is 7.09. The molecule has 0 atom stereocenters. The van der Waals surface area contributed by atoms with Crippen LogP contribution in [0.5, 0.6) is 0 Å². The molecule has 1 aromatic carbocycles. The average Bonchev–Trinajstić information content (AvgIpc) is 2.42. The standard InChI is InChI=1S/C16H19ClFNO3/c17-12-5-4-11(18)8-13(12)19-14(20)9-16(10-15(21)22)6-2-1-3-7-16/h4-5,8H,1-3,6-7,9-10H2,(H,19,20)(H,21,22). The molecule has 1 aliphatic carbocycles. The van der Waals surface area contributed by atoms with E-state index in [1.54, 1.807) is 0 Å². The van der Waals surface area contributed by atoms with Gasteiger partial charge >= 0.3 is 5.97 Å². The Morgan fingerprint density at radius 2 is 1.91 bits per heavy atom. The van der Waals surface area contributed by atoms with Gasteiger partial charge in [-0.25, -0.2) is 4.39 Å². The zero-order valence-electron chi connectivity index (χ0n) is 12.2. The number of carboxylic acids is 1. The van der Waals surface area contributed by atoms with Gasteiger partial charge in [0.05, 0.1) is 17.1 Å². The van der Waals surface area contributed by atoms with Crippen LogP contribution < -0.4 is 5.32 Å². The zero-order chi connectivity index (χ0) is 16.2. The minimum absolute atomic E-state index is 0.0166. The van der Waals surface area contributed by atoms with E-state index in [4.69, 9.17) is 16.7 Å². The van der Waals surface area contributed by atoms with Gasteiger partial charge in [0.2, 0.25) is 5.91 Å². The molecule has 2 rings (SSSR count). The van der Waals surface area contributed by atoms with Gasteiger partial charge in [-0.2, -0.15) is 0 Å². The average molecular weight is 328 g/mol. The van der Waals surface area contributed by atoms with E-state index in [-0.39, 0.29) is 29.5 Å². The Morgan fingerprint density at radius 1 is 1.23 bits per heavy atom. The van der Waals surface area contributed by atoms with E-state index >= 15 is 0 Å². The van der Waals surface area contributed by atoms with Gasteiger partial charge in [0.25, 0.3) is 0 Å². The van der Waals surface area contributed by atoms with E-state index < -0.39 is 17.2 Å². The molecule has 2 N–H and O–H groups in total. The topological polar surface area (TPSA) is 66.4 Å². The monoisotopic (exact) mass is 327 g/mol. The molecule has 1 amide bonds. The summed E-state index contributed by atoms with van der Waals surface area (Å²) in [5.74, 6) is -1.70. The molecule has 120 valence electrons. The van der Waals surface area contributed by atoms with Gasteiger partial charge in [0.1, 0.15) is 5.82 Å². The fourth-order valence-corrected chi connectivity index (χ4v) is 3.33. The number of halogens is 2. The second-order valence-electron chi connectivity index (χ2n) is 5.98. The third-order valence-electron chi connectivity index (χ3n) is 4.18. The summed E-state index contributed by atoms with van der Waals surface area (Å²) in [5, 5.41) is 12.0. The predicted molar refractivity (Wildman–Crippen MR) is 82.4 cm³/mol. The molecule has 0 aliphatic heterocycles. The van der Waals surface area contributed by atoms with Crippen molar-refractivity contribution in [3.8, 4) is 0 Å². The quantitative estimate of drug-likeness (QED) is 0.850. The predicted octanol–water partition coefficient (Wildman–Crippen LogP) is 4.23. The summed E-state index contributed by atoms with van der Waals surface area (Å²) in [6, 6.07) is 3.75. The largest absolute Gasteiger partial charge is 0.481 e. The van der Waals surface area contributed by atoms with E-state index in [9.17, 15) is 14.0 Å². The van der Waals surface area contributed by atoms with Crippen molar-refractivity contribution in [1.82, 2.24) is 0 Å². The van der Waals surface area contributed by atoms with Gasteiger partial charge in [-0.3, -0.25) is 9.59 Å². The van der Waals surface area contributed by atoms with Crippen LogP contribution >= 0.6 is 11.6 Å². The number of carboxylic acid groups (broad SMARTS) is 1. The third-order valence-corrected chi connectivity index (χ3v) is 4.51. The van der Waals surface area contributed by atoms with Gasteiger partial charge in [-0.15, -0.1) is 0 Å². The summed E-state index contributed by atoms with van der Waals surface area (Å²) >= 11 is 5.93. The van der Waals surface area contributed by atoms with Crippen molar-refractivity contribution in [1.29, 1.82) is 0 Å². The van der Waals surface area contributed by atoms with Crippen molar-refractivity contribution in [3.05, 3.63) is 29.0 Å². The van der Waals surface area contributed by atoms with Crippen molar-refractivity contribution in [3.63, 3.8) is 0 Å². The number of amides is 1. The van der Waals surface area contributed by atoms with Crippen LogP contribution in [0.4, 0.5) is 10.1 Å². The maximum atomic E-state index is 13.2. The lowest BCUT2D eigenvalue weighted by Gasteiger charge is -2.35. The number of hydrogen-bond acceptors (Lipinski definition) is 2. The zero-order valence-corrected chi connectivity index (χ0v) is 13.0. The lowest BCUT2D eigenvalue weighted by atomic mass is 9.69. The van der Waals surface area contributed by atoms with E-state index in [2.05, 4.69) is 5.32 Å². The molecule has 6 heteroatoms. The molecule has 0 radical (unpaired) electrons. The maximum absolute atomic E-state index is 13.2. The Labute approximate surface area is 133 Å². The van der Waals surface area contributed by atoms with Crippen LogP contribution in [0, 0.1) is 11.2 Å². The fraction of sp³-hybridized carbons (Fsp3) is 0.500. The van der Waals surface area contributed by atoms with Gasteiger partial charge < -0.3 is 10.4 Å². The van der Waals surface area contributed by atoms with Gasteiger partial charge in [0.15, 0.2) is 0 Å². The molecular formula is C16H19ClFNO3. The number of rotatable bonds is 5. The van der Waals surface area contributed by atoms with Crippen LogP contribution in [0.3, 0.4) is 0 Å². The maximum Gasteiger partial charge on any atom is 0.303 e. The van der Waals surface area contributed by atoms with Crippen molar-refractivity contribution in [2.24, 2.45) is 5.41 Å². The fourth-order valence-electron chi connectivity index (χ4n) is 3.17. The molecule has 1 aromatic rings. The molecule has 0 unspecified atom stereocenters. The molecule has 0 bridgehead atoms. The van der Waals surface area contributed by atoms with Crippen LogP contribution in [0.1, 0.15) is 44.9 Å². The Kier molecular flexibility index (Phi) is 5.40. The second-order valence-corrected chi connectivity index (χ2v) is 6.39. The van der Waals surface area contributed by atoms with Crippen LogP contribution in [-0.2, 0) is 9.59 Å². The molecule has 1 aliphatic rings. The number of aliphatic carboxylic acids is 1. The lowest BCUT2D eigenvalue weighted by Crippen LogP contribution is -2.32. The van der Waals surface area contributed by atoms with Crippen LogP contribution in [0.15, 0.2) is 18.2 Å². The first kappa shape index (κ1) is 16.7. The van der Waals surface area contributed by atoms with Crippen molar-refractivity contribution >= 4 is 29.2 Å². The molecule has 4 nitrogen and oxygen atoms in total. The van der Waals surface area contributed by atoms with Gasteiger partial charge in [0, 0.05) is 6.42 Å². The number of anilines is 1. The van der Waals surface area contributed by atoms with E-state index in [0.29, 0.717) is 0 Å². The minimum Gasteiger partial charge on any atom is -0.481 e. The normalized spacial score (nSPS) is 17.0. The highest BCUT2D eigenvalue weighted by atomic mass is 35.5. The molecule has 0 aromatic heterocycles. The SMILES string of the molecule is O=C(O)CC1(CC(=O)Nc2cc(F)ccc2Cl)CCCCC1. The lowest BCUT2D eigenvalue weighted by molar-refractivity contribution is -0.140. The molecule has 0 heterocycles. The minimum atomic E-state index is -0.890. The van der Waals surface area contributed by atoms with Crippen LogP contribution in [0.25, 0.3) is 0 Å². The first-order chi connectivity index (χ1) is 10.4. The van der Waals surface area contributed by atoms with Crippen molar-refractivity contribution < 1.29 is 19.1 Å². The van der Waals surface area contributed by atoms with E-state index in [0.717, 1.165) is 38.2 Å². The number of hydrogen-bond donors (Lipinski definition) is 2. The molecule has 1 fully saturated rings. The van der Waals surface area contributed by atoms with E-state index in [1.165, 1.54) is 12.1 Å². The summed E-state index contributed by atoms with van der Waals surface area (Å²) in [4.78, 5) is 23.4. The molecule has 1 saturated carbocycles.